The molecule has 140 valence electrons. The molecule has 0 fully saturated rings. The topological polar surface area (TPSA) is 68.0 Å². The molecule has 0 spiro atoms. The van der Waals surface area contributed by atoms with Crippen molar-refractivity contribution < 1.29 is 9.21 Å². The van der Waals surface area contributed by atoms with Crippen molar-refractivity contribution in [3.05, 3.63) is 76.6 Å². The molecular formula is C19H18ClN3O2S2. The van der Waals surface area contributed by atoms with Crippen LogP contribution in [0.25, 0.3) is 0 Å². The lowest BCUT2D eigenvalue weighted by Gasteiger charge is -2.19. The lowest BCUT2D eigenvalue weighted by molar-refractivity contribution is -0.119. The van der Waals surface area contributed by atoms with Gasteiger partial charge in [0.1, 0.15) is 0 Å². The maximum absolute atomic E-state index is 12.5. The maximum atomic E-state index is 12.5. The lowest BCUT2D eigenvalue weighted by atomic mass is 9.99. The molecule has 2 aromatic carbocycles. The first-order valence-corrected chi connectivity index (χ1v) is 11.0. The van der Waals surface area contributed by atoms with Crippen LogP contribution in [0.5, 0.6) is 0 Å². The van der Waals surface area contributed by atoms with Crippen molar-refractivity contribution in [1.82, 2.24) is 15.5 Å². The standard InChI is InChI=1S/C19H18ClN3O2S2/c1-26-12-17-22-23-19(25-17)27-11-16(24)21-18(13-5-3-2-4-6-13)14-7-9-15(20)10-8-14/h2-10,18H,11-12H2,1H3,(H,21,24)/t18-/m1/s1. The average Bonchev–Trinajstić information content (AvgIpc) is 3.14. The van der Waals surface area contributed by atoms with Gasteiger partial charge in [-0.15, -0.1) is 10.2 Å². The van der Waals surface area contributed by atoms with Gasteiger partial charge >= 0.3 is 0 Å². The normalized spacial score (nSPS) is 11.9. The van der Waals surface area contributed by atoms with Crippen molar-refractivity contribution in [1.29, 1.82) is 0 Å². The molecule has 5 nitrogen and oxygen atoms in total. The summed E-state index contributed by atoms with van der Waals surface area (Å²) in [5, 5.41) is 12.0. The molecule has 1 atom stereocenters. The molecule has 0 aliphatic carbocycles. The van der Waals surface area contributed by atoms with Crippen LogP contribution in [0.1, 0.15) is 23.1 Å². The first-order chi connectivity index (χ1) is 13.2. The molecular weight excluding hydrogens is 402 g/mol. The van der Waals surface area contributed by atoms with Crippen LogP contribution in [0, 0.1) is 0 Å². The summed E-state index contributed by atoms with van der Waals surface area (Å²) in [6.07, 6.45) is 1.96. The maximum Gasteiger partial charge on any atom is 0.277 e. The van der Waals surface area contributed by atoms with Gasteiger partial charge in [0.2, 0.25) is 11.8 Å². The molecule has 3 rings (SSSR count). The van der Waals surface area contributed by atoms with Crippen molar-refractivity contribution in [3.8, 4) is 0 Å². The van der Waals surface area contributed by atoms with Crippen LogP contribution in [-0.4, -0.2) is 28.1 Å². The van der Waals surface area contributed by atoms with Crippen LogP contribution in [0.15, 0.2) is 64.2 Å². The van der Waals surface area contributed by atoms with E-state index in [4.69, 9.17) is 16.0 Å². The summed E-state index contributed by atoms with van der Waals surface area (Å²) in [6, 6.07) is 17.0. The Kier molecular flexibility index (Phi) is 7.20. The first-order valence-electron chi connectivity index (χ1n) is 8.19. The van der Waals surface area contributed by atoms with Crippen molar-refractivity contribution in [3.63, 3.8) is 0 Å². The zero-order valence-electron chi connectivity index (χ0n) is 14.6. The number of halogens is 1. The van der Waals surface area contributed by atoms with E-state index in [0.717, 1.165) is 11.1 Å². The molecule has 3 aromatic rings. The molecule has 8 heteroatoms. The SMILES string of the molecule is CSCc1nnc(SCC(=O)N[C@H](c2ccccc2)c2ccc(Cl)cc2)o1. The minimum absolute atomic E-state index is 0.117. The molecule has 1 N–H and O–H groups in total. The third-order valence-corrected chi connectivity index (χ3v) is 5.29. The van der Waals surface area contributed by atoms with Gasteiger partial charge in [0.15, 0.2) is 0 Å². The van der Waals surface area contributed by atoms with E-state index in [1.165, 1.54) is 11.8 Å². The van der Waals surface area contributed by atoms with Gasteiger partial charge in [0, 0.05) is 5.02 Å². The predicted molar refractivity (Wildman–Crippen MR) is 110 cm³/mol. The average molecular weight is 420 g/mol. The highest BCUT2D eigenvalue weighted by Gasteiger charge is 2.18. The Morgan fingerprint density at radius 1 is 1.11 bits per heavy atom. The van der Waals surface area contributed by atoms with Gasteiger partial charge in [-0.2, -0.15) is 11.8 Å². The van der Waals surface area contributed by atoms with Gasteiger partial charge in [-0.1, -0.05) is 65.8 Å². The molecule has 1 aromatic heterocycles. The number of benzene rings is 2. The van der Waals surface area contributed by atoms with E-state index in [9.17, 15) is 4.79 Å². The third kappa shape index (κ3) is 5.76. The van der Waals surface area contributed by atoms with E-state index >= 15 is 0 Å². The number of hydrogen-bond acceptors (Lipinski definition) is 6. The summed E-state index contributed by atoms with van der Waals surface area (Å²) in [6.45, 7) is 0. The Hall–Kier alpha value is -1.96. The molecule has 0 aliphatic rings. The van der Waals surface area contributed by atoms with Gasteiger partial charge < -0.3 is 9.73 Å². The lowest BCUT2D eigenvalue weighted by Crippen LogP contribution is -2.30. The number of aromatic nitrogens is 2. The highest BCUT2D eigenvalue weighted by Crippen LogP contribution is 2.24. The number of carbonyl (C=O) groups excluding carboxylic acids is 1. The quantitative estimate of drug-likeness (QED) is 0.539. The van der Waals surface area contributed by atoms with E-state index < -0.39 is 0 Å². The van der Waals surface area contributed by atoms with E-state index in [1.54, 1.807) is 11.8 Å². The van der Waals surface area contributed by atoms with Crippen LogP contribution in [0.3, 0.4) is 0 Å². The van der Waals surface area contributed by atoms with Gasteiger partial charge in [0.25, 0.3) is 5.22 Å². The fourth-order valence-corrected chi connectivity index (χ4v) is 3.55. The zero-order chi connectivity index (χ0) is 19.1. The zero-order valence-corrected chi connectivity index (χ0v) is 17.0. The Morgan fingerprint density at radius 2 is 1.81 bits per heavy atom. The highest BCUT2D eigenvalue weighted by molar-refractivity contribution is 7.99. The van der Waals surface area contributed by atoms with Crippen molar-refractivity contribution in [2.75, 3.05) is 12.0 Å². The molecule has 0 unspecified atom stereocenters. The van der Waals surface area contributed by atoms with E-state index in [-0.39, 0.29) is 17.7 Å². The molecule has 0 saturated carbocycles. The van der Waals surface area contributed by atoms with E-state index in [1.807, 2.05) is 60.9 Å². The van der Waals surface area contributed by atoms with Gasteiger partial charge in [-0.25, -0.2) is 0 Å². The number of rotatable bonds is 8. The molecule has 0 saturated heterocycles. The van der Waals surface area contributed by atoms with Crippen LogP contribution in [0.4, 0.5) is 0 Å². The Balaban J connectivity index is 1.67. The summed E-state index contributed by atoms with van der Waals surface area (Å²) in [5.41, 5.74) is 1.96. The first kappa shape index (κ1) is 19.8. The number of hydrogen-bond donors (Lipinski definition) is 1. The monoisotopic (exact) mass is 419 g/mol. The Labute approximate surface area is 171 Å². The smallest absolute Gasteiger partial charge is 0.277 e. The van der Waals surface area contributed by atoms with Gasteiger partial charge in [-0.05, 0) is 29.5 Å². The minimum Gasteiger partial charge on any atom is -0.415 e. The van der Waals surface area contributed by atoms with Crippen molar-refractivity contribution in [2.45, 2.75) is 17.0 Å². The van der Waals surface area contributed by atoms with E-state index in [2.05, 4.69) is 15.5 Å². The van der Waals surface area contributed by atoms with Crippen LogP contribution < -0.4 is 5.32 Å². The largest absolute Gasteiger partial charge is 0.415 e. The molecule has 0 radical (unpaired) electrons. The Bertz CT molecular complexity index is 872. The number of thioether (sulfide) groups is 2. The summed E-state index contributed by atoms with van der Waals surface area (Å²) < 4.78 is 5.49. The van der Waals surface area contributed by atoms with Gasteiger partial charge in [0.05, 0.1) is 17.5 Å². The third-order valence-electron chi connectivity index (χ3n) is 3.68. The van der Waals surface area contributed by atoms with Crippen molar-refractivity contribution in [2.24, 2.45) is 0 Å². The van der Waals surface area contributed by atoms with Crippen molar-refractivity contribution >= 4 is 41.0 Å². The second-order valence-electron chi connectivity index (χ2n) is 5.65. The van der Waals surface area contributed by atoms with Gasteiger partial charge in [-0.3, -0.25) is 4.79 Å². The Morgan fingerprint density at radius 3 is 2.52 bits per heavy atom. The number of nitrogens with zero attached hydrogens (tertiary/aromatic N) is 2. The molecule has 0 bridgehead atoms. The number of amides is 1. The molecule has 1 heterocycles. The second kappa shape index (κ2) is 9.82. The molecule has 0 aliphatic heterocycles. The molecule has 1 amide bonds. The summed E-state index contributed by atoms with van der Waals surface area (Å²) in [4.78, 5) is 12.5. The summed E-state index contributed by atoms with van der Waals surface area (Å²) >= 11 is 8.82. The van der Waals surface area contributed by atoms with Crippen LogP contribution >= 0.6 is 35.1 Å². The van der Waals surface area contributed by atoms with Crippen LogP contribution in [-0.2, 0) is 10.5 Å². The highest BCUT2D eigenvalue weighted by atomic mass is 35.5. The minimum atomic E-state index is -0.258. The summed E-state index contributed by atoms with van der Waals surface area (Å²) in [5.74, 6) is 1.30. The second-order valence-corrected chi connectivity index (χ2v) is 7.88. The summed E-state index contributed by atoms with van der Waals surface area (Å²) in [7, 11) is 0. The fourth-order valence-electron chi connectivity index (χ4n) is 2.47. The fraction of sp³-hybridized carbons (Fsp3) is 0.211. The van der Waals surface area contributed by atoms with E-state index in [0.29, 0.717) is 21.9 Å². The predicted octanol–water partition coefficient (Wildman–Crippen LogP) is 4.58. The number of nitrogens with one attached hydrogen (secondary N) is 1. The van der Waals surface area contributed by atoms with Crippen LogP contribution in [0.2, 0.25) is 5.02 Å². The molecule has 27 heavy (non-hydrogen) atoms. The number of carbonyl (C=O) groups is 1.